The Hall–Kier alpha value is -1.38. The molecule has 0 aliphatic carbocycles. The van der Waals surface area contributed by atoms with Crippen molar-refractivity contribution in [3.05, 3.63) is 70.0 Å². The molecule has 0 amide bonds. The van der Waals surface area contributed by atoms with Gasteiger partial charge < -0.3 is 5.32 Å². The van der Waals surface area contributed by atoms with Crippen molar-refractivity contribution in [2.45, 2.75) is 19.4 Å². The first-order chi connectivity index (χ1) is 9.08. The van der Waals surface area contributed by atoms with Gasteiger partial charge in [0.1, 0.15) is 5.82 Å². The van der Waals surface area contributed by atoms with Crippen LogP contribution in [0.25, 0.3) is 0 Å². The highest BCUT2D eigenvalue weighted by Crippen LogP contribution is 2.23. The molecule has 1 atom stereocenters. The third-order valence-corrected chi connectivity index (χ3v) is 3.36. The summed E-state index contributed by atoms with van der Waals surface area (Å²) in [5.41, 5.74) is 3.22. The van der Waals surface area contributed by atoms with Crippen LogP contribution >= 0.6 is 11.6 Å². The van der Waals surface area contributed by atoms with Crippen LogP contribution in [0.5, 0.6) is 0 Å². The number of likely N-dealkylation sites (N-methyl/N-ethyl adjacent to an activating group) is 1. The van der Waals surface area contributed by atoms with Gasteiger partial charge in [-0.1, -0.05) is 29.8 Å². The molecule has 0 fully saturated rings. The fraction of sp³-hybridized carbons (Fsp3) is 0.250. The van der Waals surface area contributed by atoms with Crippen molar-refractivity contribution >= 4 is 11.6 Å². The number of halogens is 2. The predicted molar refractivity (Wildman–Crippen MR) is 78.1 cm³/mol. The number of nitrogens with one attached hydrogen (secondary N) is 1. The van der Waals surface area contributed by atoms with E-state index in [2.05, 4.69) is 11.4 Å². The van der Waals surface area contributed by atoms with Crippen LogP contribution in [0, 0.1) is 12.7 Å². The van der Waals surface area contributed by atoms with Crippen LogP contribution in [-0.2, 0) is 6.42 Å². The van der Waals surface area contributed by atoms with E-state index in [1.165, 1.54) is 6.07 Å². The second-order valence-corrected chi connectivity index (χ2v) is 5.17. The lowest BCUT2D eigenvalue weighted by atomic mass is 9.97. The molecular weight excluding hydrogens is 261 g/mol. The maximum absolute atomic E-state index is 13.2. The second-order valence-electron chi connectivity index (χ2n) is 4.74. The molecular formula is C16H17ClFN. The summed E-state index contributed by atoms with van der Waals surface area (Å²) in [6.45, 7) is 2.02. The average Bonchev–Trinajstić information content (AvgIpc) is 2.34. The van der Waals surface area contributed by atoms with Crippen LogP contribution in [0.4, 0.5) is 4.39 Å². The Bertz CT molecular complexity index is 548. The normalized spacial score (nSPS) is 12.4. The highest BCUT2D eigenvalue weighted by Gasteiger charge is 2.11. The smallest absolute Gasteiger partial charge is 0.123 e. The highest BCUT2D eigenvalue weighted by molar-refractivity contribution is 6.30. The van der Waals surface area contributed by atoms with Crippen LogP contribution in [0.2, 0.25) is 5.02 Å². The van der Waals surface area contributed by atoms with Gasteiger partial charge in [0.2, 0.25) is 0 Å². The Morgan fingerprint density at radius 3 is 2.63 bits per heavy atom. The van der Waals surface area contributed by atoms with E-state index in [0.717, 1.165) is 28.1 Å². The molecule has 0 radical (unpaired) electrons. The summed E-state index contributed by atoms with van der Waals surface area (Å²) in [4.78, 5) is 0. The van der Waals surface area contributed by atoms with Crippen LogP contribution in [0.1, 0.15) is 22.7 Å². The molecule has 19 heavy (non-hydrogen) atoms. The quantitative estimate of drug-likeness (QED) is 0.879. The van der Waals surface area contributed by atoms with Crippen molar-refractivity contribution in [2.75, 3.05) is 7.05 Å². The summed E-state index contributed by atoms with van der Waals surface area (Å²) >= 11 is 6.09. The van der Waals surface area contributed by atoms with E-state index in [1.807, 2.05) is 32.2 Å². The minimum Gasteiger partial charge on any atom is -0.313 e. The number of hydrogen-bond donors (Lipinski definition) is 1. The van der Waals surface area contributed by atoms with Crippen molar-refractivity contribution in [3.8, 4) is 0 Å². The molecule has 100 valence electrons. The third-order valence-electron chi connectivity index (χ3n) is 3.14. The minimum absolute atomic E-state index is 0.124. The Labute approximate surface area is 118 Å². The lowest BCUT2D eigenvalue weighted by molar-refractivity contribution is 0.584. The van der Waals surface area contributed by atoms with Crippen molar-refractivity contribution in [3.63, 3.8) is 0 Å². The van der Waals surface area contributed by atoms with Gasteiger partial charge in [-0.25, -0.2) is 4.39 Å². The molecule has 0 aromatic heterocycles. The van der Waals surface area contributed by atoms with Crippen LogP contribution < -0.4 is 5.32 Å². The molecule has 0 aliphatic rings. The van der Waals surface area contributed by atoms with E-state index in [9.17, 15) is 4.39 Å². The highest BCUT2D eigenvalue weighted by atomic mass is 35.5. The van der Waals surface area contributed by atoms with Crippen molar-refractivity contribution < 1.29 is 4.39 Å². The molecule has 2 rings (SSSR count). The Morgan fingerprint density at radius 2 is 2.00 bits per heavy atom. The zero-order valence-corrected chi connectivity index (χ0v) is 11.8. The number of benzene rings is 2. The first-order valence-corrected chi connectivity index (χ1v) is 6.65. The molecule has 0 bridgehead atoms. The van der Waals surface area contributed by atoms with E-state index in [1.54, 1.807) is 12.1 Å². The van der Waals surface area contributed by atoms with E-state index in [0.29, 0.717) is 0 Å². The first-order valence-electron chi connectivity index (χ1n) is 6.27. The molecule has 2 aromatic rings. The summed E-state index contributed by atoms with van der Waals surface area (Å²) < 4.78 is 13.2. The number of hydrogen-bond acceptors (Lipinski definition) is 1. The summed E-state index contributed by atoms with van der Waals surface area (Å²) in [5, 5.41) is 3.99. The van der Waals surface area contributed by atoms with Gasteiger partial charge in [0, 0.05) is 11.1 Å². The largest absolute Gasteiger partial charge is 0.313 e. The molecule has 1 unspecified atom stereocenters. The standard InChI is InChI=1S/C16H17ClFN/c1-11-6-13(10-14(17)7-11)16(19-2)9-12-4-3-5-15(18)8-12/h3-8,10,16,19H,9H2,1-2H3. The van der Waals surface area contributed by atoms with E-state index in [-0.39, 0.29) is 11.9 Å². The first kappa shape index (κ1) is 14.0. The van der Waals surface area contributed by atoms with Crippen LogP contribution in [-0.4, -0.2) is 7.05 Å². The Balaban J connectivity index is 2.24. The molecule has 1 nitrogen and oxygen atoms in total. The summed E-state index contributed by atoms with van der Waals surface area (Å²) in [5.74, 6) is -0.199. The fourth-order valence-electron chi connectivity index (χ4n) is 2.25. The van der Waals surface area contributed by atoms with Gasteiger partial charge in [-0.3, -0.25) is 0 Å². The lowest BCUT2D eigenvalue weighted by Crippen LogP contribution is -2.19. The van der Waals surface area contributed by atoms with Crippen LogP contribution in [0.3, 0.4) is 0 Å². The Kier molecular flexibility index (Phi) is 4.56. The minimum atomic E-state index is -0.199. The third kappa shape index (κ3) is 3.79. The van der Waals surface area contributed by atoms with E-state index in [4.69, 9.17) is 11.6 Å². The van der Waals surface area contributed by atoms with Gasteiger partial charge in [-0.2, -0.15) is 0 Å². The zero-order chi connectivity index (χ0) is 13.8. The van der Waals surface area contributed by atoms with Crippen molar-refractivity contribution in [1.29, 1.82) is 0 Å². The van der Waals surface area contributed by atoms with Crippen molar-refractivity contribution in [1.82, 2.24) is 5.32 Å². The maximum atomic E-state index is 13.2. The summed E-state index contributed by atoms with van der Waals surface area (Å²) in [6.07, 6.45) is 0.730. The molecule has 3 heteroatoms. The van der Waals surface area contributed by atoms with Gasteiger partial charge in [0.25, 0.3) is 0 Å². The predicted octanol–water partition coefficient (Wildman–Crippen LogP) is 4.29. The van der Waals surface area contributed by atoms with E-state index < -0.39 is 0 Å². The molecule has 2 aromatic carbocycles. The lowest BCUT2D eigenvalue weighted by Gasteiger charge is -2.18. The van der Waals surface area contributed by atoms with Gasteiger partial charge in [-0.05, 0) is 61.3 Å². The maximum Gasteiger partial charge on any atom is 0.123 e. The SMILES string of the molecule is CNC(Cc1cccc(F)c1)c1cc(C)cc(Cl)c1. The molecule has 0 aliphatic heterocycles. The topological polar surface area (TPSA) is 12.0 Å². The van der Waals surface area contributed by atoms with Gasteiger partial charge in [0.15, 0.2) is 0 Å². The summed E-state index contributed by atoms with van der Waals surface area (Å²) in [6, 6.07) is 12.8. The molecule has 0 saturated heterocycles. The van der Waals surface area contributed by atoms with Gasteiger partial charge in [0.05, 0.1) is 0 Å². The molecule has 1 N–H and O–H groups in total. The number of rotatable bonds is 4. The molecule has 0 heterocycles. The van der Waals surface area contributed by atoms with E-state index >= 15 is 0 Å². The van der Waals surface area contributed by atoms with Crippen LogP contribution in [0.15, 0.2) is 42.5 Å². The monoisotopic (exact) mass is 277 g/mol. The molecule has 0 saturated carbocycles. The van der Waals surface area contributed by atoms with Gasteiger partial charge >= 0.3 is 0 Å². The Morgan fingerprint density at radius 1 is 1.21 bits per heavy atom. The summed E-state index contributed by atoms with van der Waals surface area (Å²) in [7, 11) is 1.90. The van der Waals surface area contributed by atoms with Crippen molar-refractivity contribution in [2.24, 2.45) is 0 Å². The molecule has 0 spiro atoms. The fourth-order valence-corrected chi connectivity index (χ4v) is 2.55. The zero-order valence-electron chi connectivity index (χ0n) is 11.1. The average molecular weight is 278 g/mol. The van der Waals surface area contributed by atoms with Gasteiger partial charge in [-0.15, -0.1) is 0 Å². The number of aryl methyl sites for hydroxylation is 1. The second kappa shape index (κ2) is 6.18.